The number of nitrogens with two attached hydrogens (primary N) is 1. The molecule has 1 heterocycles. The van der Waals surface area contributed by atoms with Gasteiger partial charge >= 0.3 is 0 Å². The number of hydrogen-bond donors (Lipinski definition) is 2. The Morgan fingerprint density at radius 2 is 2.10 bits per heavy atom. The first kappa shape index (κ1) is 14.7. The number of rotatable bonds is 5. The van der Waals surface area contributed by atoms with Crippen LogP contribution in [0, 0.1) is 0 Å². The Morgan fingerprint density at radius 3 is 2.65 bits per heavy atom. The van der Waals surface area contributed by atoms with Gasteiger partial charge in [0.25, 0.3) is 0 Å². The average Bonchev–Trinajstić information content (AvgIpc) is 2.47. The highest BCUT2D eigenvalue weighted by Gasteiger charge is 2.06. The molecule has 0 fully saturated rings. The zero-order valence-corrected chi connectivity index (χ0v) is 13.0. The second kappa shape index (κ2) is 6.67. The van der Waals surface area contributed by atoms with Crippen LogP contribution >= 0.6 is 15.9 Å². The molecule has 0 radical (unpaired) electrons. The van der Waals surface area contributed by atoms with Crippen molar-refractivity contribution in [3.63, 3.8) is 0 Å². The molecule has 0 aliphatic heterocycles. The Labute approximate surface area is 126 Å². The van der Waals surface area contributed by atoms with Crippen molar-refractivity contribution < 1.29 is 4.74 Å². The predicted octanol–water partition coefficient (Wildman–Crippen LogP) is 2.67. The van der Waals surface area contributed by atoms with Crippen molar-refractivity contribution in [1.82, 2.24) is 10.2 Å². The van der Waals surface area contributed by atoms with Crippen molar-refractivity contribution in [2.75, 3.05) is 19.0 Å². The lowest BCUT2D eigenvalue weighted by atomic mass is 10.1. The molecule has 106 valence electrons. The SMILES string of the molecule is COc1ccc(-c2ccc(NC(C)CN)nn2)cc1Br. The second-order valence-corrected chi connectivity index (χ2v) is 5.29. The zero-order chi connectivity index (χ0) is 14.5. The number of nitrogens with zero attached hydrogens (tertiary/aromatic N) is 2. The van der Waals surface area contributed by atoms with E-state index in [-0.39, 0.29) is 6.04 Å². The summed E-state index contributed by atoms with van der Waals surface area (Å²) >= 11 is 3.46. The smallest absolute Gasteiger partial charge is 0.148 e. The fourth-order valence-electron chi connectivity index (χ4n) is 1.70. The number of methoxy groups -OCH3 is 1. The molecule has 0 saturated carbocycles. The number of ether oxygens (including phenoxy) is 1. The maximum Gasteiger partial charge on any atom is 0.148 e. The van der Waals surface area contributed by atoms with Gasteiger partial charge in [0.1, 0.15) is 11.6 Å². The van der Waals surface area contributed by atoms with E-state index in [2.05, 4.69) is 31.4 Å². The summed E-state index contributed by atoms with van der Waals surface area (Å²) in [5.41, 5.74) is 7.34. The molecular formula is C14H17BrN4O. The van der Waals surface area contributed by atoms with Gasteiger partial charge in [0.05, 0.1) is 17.3 Å². The Hall–Kier alpha value is -1.66. The van der Waals surface area contributed by atoms with Crippen LogP contribution in [0.5, 0.6) is 5.75 Å². The van der Waals surface area contributed by atoms with Crippen molar-refractivity contribution in [1.29, 1.82) is 0 Å². The molecule has 0 amide bonds. The highest BCUT2D eigenvalue weighted by molar-refractivity contribution is 9.10. The zero-order valence-electron chi connectivity index (χ0n) is 11.4. The summed E-state index contributed by atoms with van der Waals surface area (Å²) in [7, 11) is 1.64. The number of aromatic nitrogens is 2. The number of nitrogens with one attached hydrogen (secondary N) is 1. The lowest BCUT2D eigenvalue weighted by Gasteiger charge is -2.11. The minimum Gasteiger partial charge on any atom is -0.496 e. The maximum absolute atomic E-state index is 5.56. The summed E-state index contributed by atoms with van der Waals surface area (Å²) in [6.45, 7) is 2.55. The Balaban J connectivity index is 2.19. The highest BCUT2D eigenvalue weighted by atomic mass is 79.9. The quantitative estimate of drug-likeness (QED) is 0.878. The average molecular weight is 337 g/mol. The lowest BCUT2D eigenvalue weighted by Crippen LogP contribution is -2.25. The van der Waals surface area contributed by atoms with E-state index in [1.54, 1.807) is 7.11 Å². The largest absolute Gasteiger partial charge is 0.496 e. The molecule has 20 heavy (non-hydrogen) atoms. The third-order valence-corrected chi connectivity index (χ3v) is 3.48. The number of benzene rings is 1. The van der Waals surface area contributed by atoms with Crippen LogP contribution in [0.3, 0.4) is 0 Å². The number of halogens is 1. The van der Waals surface area contributed by atoms with Crippen LogP contribution in [0.25, 0.3) is 11.3 Å². The fraction of sp³-hybridized carbons (Fsp3) is 0.286. The molecule has 0 spiro atoms. The molecule has 2 rings (SSSR count). The molecule has 3 N–H and O–H groups in total. The van der Waals surface area contributed by atoms with Crippen LogP contribution in [0.2, 0.25) is 0 Å². The van der Waals surface area contributed by atoms with Crippen LogP contribution < -0.4 is 15.8 Å². The molecule has 5 nitrogen and oxygen atoms in total. The van der Waals surface area contributed by atoms with E-state index in [1.165, 1.54) is 0 Å². The summed E-state index contributed by atoms with van der Waals surface area (Å²) in [6, 6.07) is 9.79. The molecule has 1 aromatic carbocycles. The molecule has 0 bridgehead atoms. The van der Waals surface area contributed by atoms with E-state index in [4.69, 9.17) is 10.5 Å². The number of hydrogen-bond acceptors (Lipinski definition) is 5. The maximum atomic E-state index is 5.56. The van der Waals surface area contributed by atoms with E-state index in [1.807, 2.05) is 37.3 Å². The van der Waals surface area contributed by atoms with Gasteiger partial charge in [-0.3, -0.25) is 0 Å². The predicted molar refractivity (Wildman–Crippen MR) is 83.9 cm³/mol. The van der Waals surface area contributed by atoms with E-state index in [9.17, 15) is 0 Å². The fourth-order valence-corrected chi connectivity index (χ4v) is 2.24. The van der Waals surface area contributed by atoms with Crippen molar-refractivity contribution in [2.45, 2.75) is 13.0 Å². The van der Waals surface area contributed by atoms with Crippen LogP contribution in [-0.2, 0) is 0 Å². The van der Waals surface area contributed by atoms with Gasteiger partial charge in [-0.15, -0.1) is 10.2 Å². The number of anilines is 1. The van der Waals surface area contributed by atoms with E-state index in [0.717, 1.165) is 27.3 Å². The second-order valence-electron chi connectivity index (χ2n) is 4.43. The third-order valence-electron chi connectivity index (χ3n) is 2.86. The van der Waals surface area contributed by atoms with Crippen LogP contribution in [-0.4, -0.2) is 29.9 Å². The molecule has 0 saturated heterocycles. The van der Waals surface area contributed by atoms with Gasteiger partial charge in [0.15, 0.2) is 0 Å². The first-order valence-electron chi connectivity index (χ1n) is 6.28. The Morgan fingerprint density at radius 1 is 1.30 bits per heavy atom. The Kier molecular flexibility index (Phi) is 4.92. The van der Waals surface area contributed by atoms with Gasteiger partial charge in [-0.1, -0.05) is 0 Å². The normalized spacial score (nSPS) is 12.0. The van der Waals surface area contributed by atoms with Crippen molar-refractivity contribution in [3.8, 4) is 17.0 Å². The molecule has 0 aliphatic carbocycles. The minimum atomic E-state index is 0.172. The van der Waals surface area contributed by atoms with Gasteiger partial charge in [0.2, 0.25) is 0 Å². The van der Waals surface area contributed by atoms with Crippen molar-refractivity contribution in [3.05, 3.63) is 34.8 Å². The summed E-state index contributed by atoms with van der Waals surface area (Å²) in [5, 5.41) is 11.5. The summed E-state index contributed by atoms with van der Waals surface area (Å²) < 4.78 is 6.09. The van der Waals surface area contributed by atoms with Gasteiger partial charge < -0.3 is 15.8 Å². The highest BCUT2D eigenvalue weighted by Crippen LogP contribution is 2.29. The van der Waals surface area contributed by atoms with E-state index in [0.29, 0.717) is 6.54 Å². The van der Waals surface area contributed by atoms with Crippen LogP contribution in [0.1, 0.15) is 6.92 Å². The van der Waals surface area contributed by atoms with Crippen molar-refractivity contribution >= 4 is 21.7 Å². The van der Waals surface area contributed by atoms with Crippen LogP contribution in [0.4, 0.5) is 5.82 Å². The van der Waals surface area contributed by atoms with Crippen LogP contribution in [0.15, 0.2) is 34.8 Å². The molecule has 2 aromatic rings. The third kappa shape index (κ3) is 3.46. The van der Waals surface area contributed by atoms with Gasteiger partial charge in [-0.2, -0.15) is 0 Å². The van der Waals surface area contributed by atoms with Crippen molar-refractivity contribution in [2.24, 2.45) is 5.73 Å². The molecule has 1 aromatic heterocycles. The lowest BCUT2D eigenvalue weighted by molar-refractivity contribution is 0.412. The summed E-state index contributed by atoms with van der Waals surface area (Å²) in [6.07, 6.45) is 0. The Bertz CT molecular complexity index is 574. The molecule has 1 atom stereocenters. The summed E-state index contributed by atoms with van der Waals surface area (Å²) in [4.78, 5) is 0. The first-order chi connectivity index (χ1) is 9.63. The standard InChI is InChI=1S/C14H17BrN4O/c1-9(8-16)17-14-6-4-12(18-19-14)10-3-5-13(20-2)11(15)7-10/h3-7,9H,8,16H2,1-2H3,(H,17,19). The molecule has 0 aliphatic rings. The molecule has 1 unspecified atom stereocenters. The van der Waals surface area contributed by atoms with Gasteiger partial charge in [0, 0.05) is 18.2 Å². The minimum absolute atomic E-state index is 0.172. The van der Waals surface area contributed by atoms with E-state index >= 15 is 0 Å². The van der Waals surface area contributed by atoms with E-state index < -0.39 is 0 Å². The summed E-state index contributed by atoms with van der Waals surface area (Å²) in [5.74, 6) is 1.51. The molecule has 6 heteroatoms. The molecular weight excluding hydrogens is 320 g/mol. The first-order valence-corrected chi connectivity index (χ1v) is 7.07. The topological polar surface area (TPSA) is 73.1 Å². The monoisotopic (exact) mass is 336 g/mol. The van der Waals surface area contributed by atoms with Gasteiger partial charge in [-0.05, 0) is 53.2 Å². The van der Waals surface area contributed by atoms with Gasteiger partial charge in [-0.25, -0.2) is 0 Å².